The summed E-state index contributed by atoms with van der Waals surface area (Å²) in [5.74, 6) is -0.541. The Morgan fingerprint density at radius 2 is 0.880 bits per heavy atom. The second-order valence-electron chi connectivity index (χ2n) is 11.4. The zero-order valence-electron chi connectivity index (χ0n) is 27.3. The highest BCUT2D eigenvalue weighted by Gasteiger charge is 2.35. The van der Waals surface area contributed by atoms with E-state index in [0.717, 1.165) is 55.4 Å². The van der Waals surface area contributed by atoms with Gasteiger partial charge in [0.2, 0.25) is 13.6 Å². The molecule has 1 saturated carbocycles. The van der Waals surface area contributed by atoms with E-state index in [1.165, 1.54) is 0 Å². The quantitative estimate of drug-likeness (QED) is 0.0574. The van der Waals surface area contributed by atoms with Gasteiger partial charge in [-0.3, -0.25) is 0 Å². The van der Waals surface area contributed by atoms with E-state index in [4.69, 9.17) is 28.4 Å². The van der Waals surface area contributed by atoms with Crippen LogP contribution in [0.3, 0.4) is 0 Å². The predicted molar refractivity (Wildman–Crippen MR) is 183 cm³/mol. The van der Waals surface area contributed by atoms with Crippen LogP contribution in [0.1, 0.15) is 63.9 Å². The molecular weight excluding hydrogens is 640 g/mol. The van der Waals surface area contributed by atoms with Crippen LogP contribution in [0.2, 0.25) is 0 Å². The average molecular weight is 677 g/mol. The maximum absolute atomic E-state index is 12.8. The largest absolute Gasteiger partial charge is 0.457 e. The Labute approximate surface area is 289 Å². The van der Waals surface area contributed by atoms with Crippen molar-refractivity contribution in [2.75, 3.05) is 13.6 Å². The Morgan fingerprint density at radius 3 is 1.24 bits per heavy atom. The fourth-order valence-electron chi connectivity index (χ4n) is 5.72. The SMILES string of the molecule is C=CC(=O)OCOc1ccc(C(=O)Oc2ccc(C3(c4ccc(OC(=O)c5ccc(OCOC(=O)C=C)cc5)cc4)CCCCC3)cc2)cc1. The average Bonchev–Trinajstić information content (AvgIpc) is 3.16. The van der Waals surface area contributed by atoms with Gasteiger partial charge in [-0.1, -0.05) is 56.7 Å². The molecule has 10 heteroatoms. The fraction of sp³-hybridized carbons (Fsp3) is 0.200. The molecule has 0 unspecified atom stereocenters. The molecule has 4 aromatic carbocycles. The van der Waals surface area contributed by atoms with Gasteiger partial charge in [0.1, 0.15) is 23.0 Å². The Balaban J connectivity index is 1.20. The van der Waals surface area contributed by atoms with Crippen LogP contribution in [0.4, 0.5) is 0 Å². The highest BCUT2D eigenvalue weighted by molar-refractivity contribution is 5.91. The van der Waals surface area contributed by atoms with Gasteiger partial charge in [-0.05, 0) is 96.8 Å². The predicted octanol–water partition coefficient (Wildman–Crippen LogP) is 7.51. The number of esters is 4. The van der Waals surface area contributed by atoms with Gasteiger partial charge < -0.3 is 28.4 Å². The molecule has 0 N–H and O–H groups in total. The van der Waals surface area contributed by atoms with Crippen molar-refractivity contribution in [3.8, 4) is 23.0 Å². The second kappa shape index (κ2) is 16.8. The highest BCUT2D eigenvalue weighted by atomic mass is 16.7. The van der Waals surface area contributed by atoms with E-state index in [-0.39, 0.29) is 19.0 Å². The third-order valence-corrected chi connectivity index (χ3v) is 8.31. The molecular formula is C40H36O10. The maximum atomic E-state index is 12.8. The van der Waals surface area contributed by atoms with Crippen LogP contribution in [0.25, 0.3) is 0 Å². The zero-order chi connectivity index (χ0) is 35.3. The summed E-state index contributed by atoms with van der Waals surface area (Å²) < 4.78 is 31.5. The lowest BCUT2D eigenvalue weighted by molar-refractivity contribution is -0.145. The summed E-state index contributed by atoms with van der Waals surface area (Å²) in [6, 6.07) is 27.8. The summed E-state index contributed by atoms with van der Waals surface area (Å²) in [6.07, 6.45) is 7.28. The van der Waals surface area contributed by atoms with Crippen molar-refractivity contribution >= 4 is 23.9 Å². The van der Waals surface area contributed by atoms with E-state index in [1.807, 2.05) is 24.3 Å². The molecule has 1 aliphatic rings. The van der Waals surface area contributed by atoms with Gasteiger partial charge in [0, 0.05) is 17.6 Å². The summed E-state index contributed by atoms with van der Waals surface area (Å²) in [5.41, 5.74) is 2.66. The second-order valence-corrected chi connectivity index (χ2v) is 11.4. The molecule has 4 aromatic rings. The minimum Gasteiger partial charge on any atom is -0.457 e. The number of benzene rings is 4. The Bertz CT molecular complexity index is 1670. The first-order chi connectivity index (χ1) is 24.3. The normalized spacial score (nSPS) is 13.2. The van der Waals surface area contributed by atoms with Crippen molar-refractivity contribution in [2.24, 2.45) is 0 Å². The van der Waals surface area contributed by atoms with E-state index in [0.29, 0.717) is 34.1 Å². The summed E-state index contributed by atoms with van der Waals surface area (Å²) in [7, 11) is 0. The smallest absolute Gasteiger partial charge is 0.343 e. The van der Waals surface area contributed by atoms with Crippen LogP contribution < -0.4 is 18.9 Å². The van der Waals surface area contributed by atoms with Crippen LogP contribution in [0.15, 0.2) is 122 Å². The van der Waals surface area contributed by atoms with Gasteiger partial charge in [-0.2, -0.15) is 0 Å². The fourth-order valence-corrected chi connectivity index (χ4v) is 5.72. The van der Waals surface area contributed by atoms with Crippen molar-refractivity contribution in [3.05, 3.63) is 145 Å². The number of hydrogen-bond donors (Lipinski definition) is 0. The van der Waals surface area contributed by atoms with Crippen molar-refractivity contribution < 1.29 is 47.6 Å². The minimum atomic E-state index is -0.595. The zero-order valence-corrected chi connectivity index (χ0v) is 27.3. The van der Waals surface area contributed by atoms with Crippen LogP contribution in [-0.4, -0.2) is 37.5 Å². The Hall–Kier alpha value is -6.16. The molecule has 50 heavy (non-hydrogen) atoms. The van der Waals surface area contributed by atoms with Crippen molar-refractivity contribution in [1.82, 2.24) is 0 Å². The summed E-state index contributed by atoms with van der Waals surface area (Å²) in [5, 5.41) is 0. The van der Waals surface area contributed by atoms with Crippen LogP contribution in [-0.2, 0) is 24.5 Å². The lowest BCUT2D eigenvalue weighted by atomic mass is 9.65. The molecule has 256 valence electrons. The molecule has 0 spiro atoms. The Kier molecular flexibility index (Phi) is 11.8. The molecule has 10 nitrogen and oxygen atoms in total. The van der Waals surface area contributed by atoms with Gasteiger partial charge in [0.25, 0.3) is 0 Å². The highest BCUT2D eigenvalue weighted by Crippen LogP contribution is 2.45. The standard InChI is InChI=1S/C40H36O10/c1-3-36(41)47-26-45-32-16-8-28(9-17-32)38(43)49-34-20-12-30(13-21-34)40(24-6-5-7-25-40)31-14-22-35(23-15-31)50-39(44)29-10-18-33(19-11-29)46-27-48-37(42)4-2/h3-4,8-23H,1-2,5-7,24-27H2. The first-order valence-corrected chi connectivity index (χ1v) is 16.0. The number of carbonyl (C=O) groups is 4. The first-order valence-electron chi connectivity index (χ1n) is 16.0. The van der Waals surface area contributed by atoms with Crippen LogP contribution >= 0.6 is 0 Å². The lowest BCUT2D eigenvalue weighted by Crippen LogP contribution is -2.30. The van der Waals surface area contributed by atoms with Crippen molar-refractivity contribution in [1.29, 1.82) is 0 Å². The molecule has 0 radical (unpaired) electrons. The van der Waals surface area contributed by atoms with E-state index in [1.54, 1.807) is 72.8 Å². The summed E-state index contributed by atoms with van der Waals surface area (Å²) >= 11 is 0. The number of hydrogen-bond acceptors (Lipinski definition) is 10. The minimum absolute atomic E-state index is 0.241. The summed E-state index contributed by atoms with van der Waals surface area (Å²) in [6.45, 7) is 6.10. The Morgan fingerprint density at radius 1 is 0.520 bits per heavy atom. The van der Waals surface area contributed by atoms with E-state index in [9.17, 15) is 19.2 Å². The summed E-state index contributed by atoms with van der Waals surface area (Å²) in [4.78, 5) is 47.9. The topological polar surface area (TPSA) is 124 Å². The van der Waals surface area contributed by atoms with Gasteiger partial charge in [-0.15, -0.1) is 0 Å². The molecule has 0 atom stereocenters. The first kappa shape index (κ1) is 35.2. The number of carbonyl (C=O) groups excluding carboxylic acids is 4. The monoisotopic (exact) mass is 676 g/mol. The third kappa shape index (κ3) is 9.04. The van der Waals surface area contributed by atoms with E-state index in [2.05, 4.69) is 13.2 Å². The molecule has 5 rings (SSSR count). The number of ether oxygens (including phenoxy) is 6. The third-order valence-electron chi connectivity index (χ3n) is 8.31. The van der Waals surface area contributed by atoms with Gasteiger partial charge in [-0.25, -0.2) is 19.2 Å². The molecule has 0 aromatic heterocycles. The van der Waals surface area contributed by atoms with Gasteiger partial charge in [0.05, 0.1) is 11.1 Å². The molecule has 0 aliphatic heterocycles. The van der Waals surface area contributed by atoms with E-state index >= 15 is 0 Å². The molecule has 1 fully saturated rings. The maximum Gasteiger partial charge on any atom is 0.343 e. The lowest BCUT2D eigenvalue weighted by Gasteiger charge is -2.38. The van der Waals surface area contributed by atoms with Gasteiger partial charge >= 0.3 is 23.9 Å². The molecule has 1 aliphatic carbocycles. The molecule has 0 heterocycles. The van der Waals surface area contributed by atoms with E-state index < -0.39 is 23.9 Å². The number of rotatable bonds is 14. The molecule has 0 bridgehead atoms. The van der Waals surface area contributed by atoms with Gasteiger partial charge in [0.15, 0.2) is 0 Å². The molecule has 0 saturated heterocycles. The molecule has 0 amide bonds. The van der Waals surface area contributed by atoms with Crippen molar-refractivity contribution in [3.63, 3.8) is 0 Å². The van der Waals surface area contributed by atoms with Crippen LogP contribution in [0.5, 0.6) is 23.0 Å². The van der Waals surface area contributed by atoms with Crippen LogP contribution in [0, 0.1) is 0 Å². The van der Waals surface area contributed by atoms with Crippen molar-refractivity contribution in [2.45, 2.75) is 37.5 Å².